The second kappa shape index (κ2) is 9.42. The van der Waals surface area contributed by atoms with Crippen molar-refractivity contribution in [3.63, 3.8) is 0 Å². The Labute approximate surface area is 131 Å². The molecule has 0 spiro atoms. The van der Waals surface area contributed by atoms with Crippen molar-refractivity contribution in [3.05, 3.63) is 0 Å². The van der Waals surface area contributed by atoms with Gasteiger partial charge in [0.1, 0.15) is 0 Å². The van der Waals surface area contributed by atoms with Crippen LogP contribution in [0.15, 0.2) is 0 Å². The molecular weight excluding hydrogens is 310 g/mol. The van der Waals surface area contributed by atoms with Gasteiger partial charge in [-0.15, -0.1) is 0 Å². The van der Waals surface area contributed by atoms with Crippen LogP contribution in [0.2, 0.25) is 0 Å². The standard InChI is InChI=1S/C15H34FO3PS/c1-5-9-10-11-12-13-14-20(6-2,7-3,8-4)19-21(17,18)15-16/h5-15H2,1-4H3. The summed E-state index contributed by atoms with van der Waals surface area (Å²) in [5, 5.41) is 0. The molecule has 3 nitrogen and oxygen atoms in total. The third-order valence-electron chi connectivity index (χ3n) is 4.94. The van der Waals surface area contributed by atoms with Crippen LogP contribution >= 0.6 is 6.83 Å². The Morgan fingerprint density at radius 3 is 1.76 bits per heavy atom. The fourth-order valence-corrected chi connectivity index (χ4v) is 10.6. The third-order valence-corrected chi connectivity index (χ3v) is 14.0. The van der Waals surface area contributed by atoms with Crippen molar-refractivity contribution in [2.24, 2.45) is 0 Å². The van der Waals surface area contributed by atoms with Gasteiger partial charge in [0.2, 0.25) is 0 Å². The van der Waals surface area contributed by atoms with E-state index in [-0.39, 0.29) is 0 Å². The molecule has 6 heteroatoms. The summed E-state index contributed by atoms with van der Waals surface area (Å²) in [4.78, 5) is 0. The monoisotopic (exact) mass is 344 g/mol. The van der Waals surface area contributed by atoms with Crippen molar-refractivity contribution in [1.82, 2.24) is 0 Å². The first-order chi connectivity index (χ1) is 9.82. The summed E-state index contributed by atoms with van der Waals surface area (Å²) in [6, 6.07) is -1.42. The molecular formula is C15H34FO3PS. The number of rotatable bonds is 13. The van der Waals surface area contributed by atoms with Crippen molar-refractivity contribution in [2.75, 3.05) is 30.7 Å². The maximum atomic E-state index is 12.7. The van der Waals surface area contributed by atoms with Gasteiger partial charge in [-0.1, -0.05) is 0 Å². The van der Waals surface area contributed by atoms with Gasteiger partial charge >= 0.3 is 131 Å². The van der Waals surface area contributed by atoms with Gasteiger partial charge in [0.15, 0.2) is 0 Å². The van der Waals surface area contributed by atoms with Crippen LogP contribution in [0.25, 0.3) is 0 Å². The molecule has 0 heterocycles. The zero-order valence-corrected chi connectivity index (χ0v) is 15.9. The molecule has 0 aromatic rings. The van der Waals surface area contributed by atoms with Gasteiger partial charge in [-0.3, -0.25) is 0 Å². The molecule has 0 aromatic carbocycles. The quantitative estimate of drug-likeness (QED) is 0.343. The van der Waals surface area contributed by atoms with E-state index in [9.17, 15) is 12.8 Å². The third kappa shape index (κ3) is 6.50. The molecule has 0 aromatic heterocycles. The molecule has 0 radical (unpaired) electrons. The molecule has 0 unspecified atom stereocenters. The average Bonchev–Trinajstić information content (AvgIpc) is 2.50. The van der Waals surface area contributed by atoms with Crippen molar-refractivity contribution < 1.29 is 16.8 Å². The van der Waals surface area contributed by atoms with Crippen molar-refractivity contribution >= 4 is 16.9 Å². The Hall–Kier alpha value is 0.270. The van der Waals surface area contributed by atoms with Gasteiger partial charge in [0.05, 0.1) is 0 Å². The van der Waals surface area contributed by atoms with Crippen molar-refractivity contribution in [2.45, 2.75) is 66.2 Å². The average molecular weight is 344 g/mol. The summed E-state index contributed by atoms with van der Waals surface area (Å²) < 4.78 is 41.7. The van der Waals surface area contributed by atoms with Crippen LogP contribution in [0.1, 0.15) is 66.2 Å². The van der Waals surface area contributed by atoms with E-state index in [2.05, 4.69) is 6.92 Å². The molecule has 21 heavy (non-hydrogen) atoms. The normalized spacial score (nSPS) is 14.8. The maximum absolute atomic E-state index is 12.7. The summed E-state index contributed by atoms with van der Waals surface area (Å²) in [6.07, 6.45) is 9.94. The van der Waals surface area contributed by atoms with E-state index < -0.39 is 23.0 Å². The zero-order chi connectivity index (χ0) is 16.4. The Balaban J connectivity index is 4.83. The summed E-state index contributed by atoms with van der Waals surface area (Å²) in [7, 11) is -4.03. The fourth-order valence-electron chi connectivity index (χ4n) is 2.97. The summed E-state index contributed by atoms with van der Waals surface area (Å²) in [5.41, 5.74) is 0. The number of halogens is 1. The van der Waals surface area contributed by atoms with E-state index in [4.69, 9.17) is 3.97 Å². The minimum atomic E-state index is -4.03. The van der Waals surface area contributed by atoms with Crippen LogP contribution in [0.5, 0.6) is 0 Å². The van der Waals surface area contributed by atoms with Crippen molar-refractivity contribution in [1.29, 1.82) is 0 Å². The number of alkyl halides is 1. The van der Waals surface area contributed by atoms with Gasteiger partial charge < -0.3 is 0 Å². The molecule has 0 aliphatic heterocycles. The Kier molecular flexibility index (Phi) is 9.54. The first-order valence-electron chi connectivity index (χ1n) is 8.33. The van der Waals surface area contributed by atoms with E-state index >= 15 is 0 Å². The van der Waals surface area contributed by atoms with Crippen LogP contribution in [0.3, 0.4) is 0 Å². The first kappa shape index (κ1) is 21.3. The molecule has 0 atom stereocenters. The molecule has 0 aliphatic rings. The van der Waals surface area contributed by atoms with Crippen LogP contribution in [0.4, 0.5) is 4.39 Å². The van der Waals surface area contributed by atoms with E-state index in [1.54, 1.807) is 0 Å². The number of hydrogen-bond donors (Lipinski definition) is 0. The molecule has 0 bridgehead atoms. The molecule has 0 rings (SSSR count). The van der Waals surface area contributed by atoms with E-state index in [1.807, 2.05) is 20.8 Å². The van der Waals surface area contributed by atoms with Crippen LogP contribution in [-0.2, 0) is 14.1 Å². The first-order valence-corrected chi connectivity index (χ1v) is 12.8. The predicted octanol–water partition coefficient (Wildman–Crippen LogP) is 5.15. The molecule has 0 amide bonds. The number of unbranched alkanes of at least 4 members (excludes halogenated alkanes) is 5. The molecule has 0 aliphatic carbocycles. The molecule has 0 saturated heterocycles. The van der Waals surface area contributed by atoms with Crippen LogP contribution < -0.4 is 0 Å². The molecule has 0 fully saturated rings. The summed E-state index contributed by atoms with van der Waals surface area (Å²) >= 11 is 0. The number of hydrogen-bond acceptors (Lipinski definition) is 3. The molecule has 0 saturated carbocycles. The topological polar surface area (TPSA) is 43.4 Å². The van der Waals surface area contributed by atoms with Crippen LogP contribution in [0, 0.1) is 0 Å². The van der Waals surface area contributed by atoms with E-state index in [1.165, 1.54) is 25.7 Å². The zero-order valence-electron chi connectivity index (χ0n) is 14.2. The van der Waals surface area contributed by atoms with Gasteiger partial charge in [0.25, 0.3) is 0 Å². The summed E-state index contributed by atoms with van der Waals surface area (Å²) in [5.74, 6) is 0. The van der Waals surface area contributed by atoms with Crippen LogP contribution in [-0.4, -0.2) is 39.1 Å². The minimum absolute atomic E-state index is 0.715. The van der Waals surface area contributed by atoms with E-state index in [0.29, 0.717) is 18.5 Å². The van der Waals surface area contributed by atoms with E-state index in [0.717, 1.165) is 19.0 Å². The van der Waals surface area contributed by atoms with Gasteiger partial charge in [-0.05, 0) is 0 Å². The second-order valence-corrected chi connectivity index (χ2v) is 14.0. The van der Waals surface area contributed by atoms with Gasteiger partial charge in [0, 0.05) is 0 Å². The van der Waals surface area contributed by atoms with Gasteiger partial charge in [-0.25, -0.2) is 0 Å². The Bertz CT molecular complexity index is 369. The fraction of sp³-hybridized carbons (Fsp3) is 1.00. The Morgan fingerprint density at radius 1 is 0.857 bits per heavy atom. The Morgan fingerprint density at radius 2 is 1.33 bits per heavy atom. The SMILES string of the molecule is CCCCCCCCP(CC)(CC)(CC)OS(=O)(=O)CF. The molecule has 0 N–H and O–H groups in total. The second-order valence-electron chi connectivity index (χ2n) is 6.04. The van der Waals surface area contributed by atoms with Crippen molar-refractivity contribution in [3.8, 4) is 0 Å². The summed E-state index contributed by atoms with van der Waals surface area (Å²) in [6.45, 7) is 5.37. The predicted molar refractivity (Wildman–Crippen MR) is 92.8 cm³/mol. The molecule has 130 valence electrons. The van der Waals surface area contributed by atoms with Gasteiger partial charge in [-0.2, -0.15) is 0 Å².